The topological polar surface area (TPSA) is 38.5 Å². The van der Waals surface area contributed by atoms with E-state index in [4.69, 9.17) is 10.5 Å². The summed E-state index contributed by atoms with van der Waals surface area (Å²) < 4.78 is 5.24. The molecule has 0 heterocycles. The van der Waals surface area contributed by atoms with Crippen LogP contribution in [0.4, 0.5) is 0 Å². The molecule has 1 rings (SSSR count). The lowest BCUT2D eigenvalue weighted by molar-refractivity contribution is 0.0575. The molecule has 0 amide bonds. The maximum atomic E-state index is 5.99. The number of methoxy groups -OCH3 is 1. The minimum atomic E-state index is 0.452. The first-order valence-corrected chi connectivity index (χ1v) is 7.01. The molecule has 1 saturated carbocycles. The van der Waals surface area contributed by atoms with Gasteiger partial charge < -0.3 is 10.5 Å². The second-order valence-electron chi connectivity index (χ2n) is 5.79. The van der Waals surface area contributed by atoms with Gasteiger partial charge >= 0.3 is 0 Å². The van der Waals surface area contributed by atoms with E-state index in [-0.39, 0.29) is 0 Å². The Bertz CT molecular complexity index is 200. The fourth-order valence-electron chi connectivity index (χ4n) is 3.05. The Kier molecular flexibility index (Phi) is 6.45. The summed E-state index contributed by atoms with van der Waals surface area (Å²) in [6, 6.07) is 0.973. The van der Waals surface area contributed by atoms with Crippen molar-refractivity contribution in [2.24, 2.45) is 17.6 Å². The summed E-state index contributed by atoms with van der Waals surface area (Å²) in [5.41, 5.74) is 5.99. The van der Waals surface area contributed by atoms with Crippen molar-refractivity contribution in [2.75, 3.05) is 27.3 Å². The zero-order chi connectivity index (χ0) is 12.8. The fourth-order valence-corrected chi connectivity index (χ4v) is 3.05. The third kappa shape index (κ3) is 4.23. The quantitative estimate of drug-likeness (QED) is 0.775. The summed E-state index contributed by atoms with van der Waals surface area (Å²) in [4.78, 5) is 2.42. The van der Waals surface area contributed by atoms with E-state index in [9.17, 15) is 0 Å². The highest BCUT2D eigenvalue weighted by atomic mass is 16.5. The fraction of sp³-hybridized carbons (Fsp3) is 1.00. The lowest BCUT2D eigenvalue weighted by Gasteiger charge is -2.40. The van der Waals surface area contributed by atoms with Gasteiger partial charge in [-0.2, -0.15) is 0 Å². The largest absolute Gasteiger partial charge is 0.383 e. The molecule has 2 atom stereocenters. The Labute approximate surface area is 107 Å². The maximum Gasteiger partial charge on any atom is 0.0615 e. The molecule has 0 aliphatic heterocycles. The average Bonchev–Trinajstić information content (AvgIpc) is 2.32. The first-order valence-electron chi connectivity index (χ1n) is 7.01. The molecular weight excluding hydrogens is 212 g/mol. The number of hydrogen-bond acceptors (Lipinski definition) is 3. The van der Waals surface area contributed by atoms with Crippen LogP contribution in [0, 0.1) is 11.8 Å². The highest BCUT2D eigenvalue weighted by Crippen LogP contribution is 2.32. The Balaban J connectivity index is 2.51. The van der Waals surface area contributed by atoms with Gasteiger partial charge in [-0.15, -0.1) is 0 Å². The molecule has 102 valence electrons. The zero-order valence-corrected chi connectivity index (χ0v) is 12.0. The summed E-state index contributed by atoms with van der Waals surface area (Å²) >= 11 is 0. The maximum absolute atomic E-state index is 5.99. The first kappa shape index (κ1) is 14.9. The van der Waals surface area contributed by atoms with Crippen molar-refractivity contribution in [3.8, 4) is 0 Å². The third-order valence-electron chi connectivity index (χ3n) is 4.47. The van der Waals surface area contributed by atoms with Gasteiger partial charge in [0.1, 0.15) is 0 Å². The average molecular weight is 242 g/mol. The Hall–Kier alpha value is -0.120. The molecular formula is C14H30N2O. The molecule has 0 aromatic rings. The first-order chi connectivity index (χ1) is 8.10. The Morgan fingerprint density at radius 1 is 1.29 bits per heavy atom. The summed E-state index contributed by atoms with van der Waals surface area (Å²) in [6.45, 7) is 6.14. The van der Waals surface area contributed by atoms with E-state index in [1.807, 2.05) is 0 Å². The van der Waals surface area contributed by atoms with Crippen molar-refractivity contribution in [3.63, 3.8) is 0 Å². The highest BCUT2D eigenvalue weighted by Gasteiger charge is 2.29. The molecule has 1 aliphatic rings. The van der Waals surface area contributed by atoms with Crippen LogP contribution in [-0.2, 0) is 4.74 Å². The van der Waals surface area contributed by atoms with Crippen molar-refractivity contribution in [1.29, 1.82) is 0 Å². The number of rotatable bonds is 6. The number of hydrogen-bond donors (Lipinski definition) is 1. The lowest BCUT2D eigenvalue weighted by Crippen LogP contribution is -2.49. The summed E-state index contributed by atoms with van der Waals surface area (Å²) in [5, 5.41) is 0. The van der Waals surface area contributed by atoms with Crippen LogP contribution in [-0.4, -0.2) is 44.3 Å². The van der Waals surface area contributed by atoms with Gasteiger partial charge in [-0.3, -0.25) is 4.90 Å². The zero-order valence-electron chi connectivity index (χ0n) is 12.0. The van der Waals surface area contributed by atoms with E-state index in [2.05, 4.69) is 25.8 Å². The van der Waals surface area contributed by atoms with Crippen molar-refractivity contribution in [2.45, 2.75) is 51.6 Å². The van der Waals surface area contributed by atoms with Gasteiger partial charge in [0.2, 0.25) is 0 Å². The molecule has 3 nitrogen and oxygen atoms in total. The molecule has 0 radical (unpaired) electrons. The van der Waals surface area contributed by atoms with E-state index in [1.54, 1.807) is 7.11 Å². The predicted molar refractivity (Wildman–Crippen MR) is 73.1 cm³/mol. The minimum Gasteiger partial charge on any atom is -0.383 e. The van der Waals surface area contributed by atoms with Crippen molar-refractivity contribution < 1.29 is 4.74 Å². The van der Waals surface area contributed by atoms with E-state index >= 15 is 0 Å². The number of nitrogens with zero attached hydrogens (tertiary/aromatic N) is 1. The molecule has 17 heavy (non-hydrogen) atoms. The van der Waals surface area contributed by atoms with Crippen LogP contribution in [0.3, 0.4) is 0 Å². The van der Waals surface area contributed by atoms with Gasteiger partial charge in [0.15, 0.2) is 0 Å². The van der Waals surface area contributed by atoms with Crippen molar-refractivity contribution in [3.05, 3.63) is 0 Å². The smallest absolute Gasteiger partial charge is 0.0615 e. The number of ether oxygens (including phenoxy) is 1. The summed E-state index contributed by atoms with van der Waals surface area (Å²) in [7, 11) is 3.96. The minimum absolute atomic E-state index is 0.452. The molecule has 0 aromatic carbocycles. The summed E-state index contributed by atoms with van der Waals surface area (Å²) in [6.07, 6.45) is 5.42. The van der Waals surface area contributed by atoms with Crippen LogP contribution in [0.25, 0.3) is 0 Å². The van der Waals surface area contributed by atoms with Crippen LogP contribution in [0.5, 0.6) is 0 Å². The second-order valence-corrected chi connectivity index (χ2v) is 5.79. The van der Waals surface area contributed by atoms with Gasteiger partial charge in [-0.1, -0.05) is 19.8 Å². The lowest BCUT2D eigenvalue weighted by atomic mass is 9.78. The molecule has 0 aromatic heterocycles. The van der Waals surface area contributed by atoms with E-state index in [0.717, 1.165) is 25.0 Å². The van der Waals surface area contributed by atoms with Crippen LogP contribution >= 0.6 is 0 Å². The van der Waals surface area contributed by atoms with Crippen LogP contribution < -0.4 is 5.73 Å². The molecule has 2 unspecified atom stereocenters. The van der Waals surface area contributed by atoms with Gasteiger partial charge in [0.25, 0.3) is 0 Å². The molecule has 3 heteroatoms. The molecule has 1 aliphatic carbocycles. The van der Waals surface area contributed by atoms with E-state index in [1.165, 1.54) is 25.7 Å². The Morgan fingerprint density at radius 3 is 2.35 bits per heavy atom. The Morgan fingerprint density at radius 2 is 1.88 bits per heavy atom. The highest BCUT2D eigenvalue weighted by molar-refractivity contribution is 4.84. The molecule has 0 spiro atoms. The predicted octanol–water partition coefficient (Wildman–Crippen LogP) is 2.11. The van der Waals surface area contributed by atoms with Gasteiger partial charge in [-0.05, 0) is 38.6 Å². The molecule has 1 fully saturated rings. The summed E-state index contributed by atoms with van der Waals surface area (Å²) in [5.74, 6) is 1.69. The van der Waals surface area contributed by atoms with Gasteiger partial charge in [0, 0.05) is 25.7 Å². The van der Waals surface area contributed by atoms with Gasteiger partial charge in [-0.25, -0.2) is 0 Å². The van der Waals surface area contributed by atoms with E-state index < -0.39 is 0 Å². The monoisotopic (exact) mass is 242 g/mol. The SMILES string of the molecule is COCC(C)N(C)C(CN)C1CCC(C)CC1. The van der Waals surface area contributed by atoms with E-state index in [0.29, 0.717) is 12.1 Å². The van der Waals surface area contributed by atoms with Crippen LogP contribution in [0.15, 0.2) is 0 Å². The van der Waals surface area contributed by atoms with Crippen molar-refractivity contribution in [1.82, 2.24) is 4.90 Å². The standard InChI is InChI=1S/C14H30N2O/c1-11-5-7-13(8-6-11)14(9-15)16(3)12(2)10-17-4/h11-14H,5-10,15H2,1-4H3. The molecule has 2 N–H and O–H groups in total. The number of nitrogens with two attached hydrogens (primary N) is 1. The van der Waals surface area contributed by atoms with Gasteiger partial charge in [0.05, 0.1) is 6.61 Å². The van der Waals surface area contributed by atoms with Crippen LogP contribution in [0.2, 0.25) is 0 Å². The molecule has 0 bridgehead atoms. The second kappa shape index (κ2) is 7.34. The molecule has 0 saturated heterocycles. The normalized spacial score (nSPS) is 29.3. The van der Waals surface area contributed by atoms with Crippen LogP contribution in [0.1, 0.15) is 39.5 Å². The van der Waals surface area contributed by atoms with Crippen molar-refractivity contribution >= 4 is 0 Å². The third-order valence-corrected chi connectivity index (χ3v) is 4.47. The number of likely N-dealkylation sites (N-methyl/N-ethyl adjacent to an activating group) is 1.